The molecule has 0 radical (unpaired) electrons. The van der Waals surface area contributed by atoms with E-state index in [0.29, 0.717) is 13.0 Å². The standard InChI is InChI=1S/C22H35NO5/c1-14(25-5)13-27-20-9-15-7-8-23-12-21(28-22(2,3)4)18(24)11-17(23)16(15)10-19(20)26-6/h9-10,14,17-18,21,24H,7-8,11-13H2,1-6H3/t14-,17+,18+,21+/m0/s1. The summed E-state index contributed by atoms with van der Waals surface area (Å²) in [5.74, 6) is 1.48. The van der Waals surface area contributed by atoms with Crippen molar-refractivity contribution in [2.45, 2.75) is 70.5 Å². The van der Waals surface area contributed by atoms with Crippen molar-refractivity contribution >= 4 is 0 Å². The number of rotatable bonds is 6. The van der Waals surface area contributed by atoms with Crippen molar-refractivity contribution in [2.24, 2.45) is 0 Å². The Kier molecular flexibility index (Phi) is 6.54. The van der Waals surface area contributed by atoms with Gasteiger partial charge in [0.05, 0.1) is 31.0 Å². The summed E-state index contributed by atoms with van der Waals surface area (Å²) in [6.45, 7) is 10.3. The molecule has 0 aromatic heterocycles. The van der Waals surface area contributed by atoms with Crippen LogP contribution in [0.1, 0.15) is 51.3 Å². The molecule has 0 amide bonds. The Morgan fingerprint density at radius 3 is 2.61 bits per heavy atom. The van der Waals surface area contributed by atoms with Crippen molar-refractivity contribution in [1.82, 2.24) is 4.90 Å². The highest BCUT2D eigenvalue weighted by molar-refractivity contribution is 5.49. The maximum absolute atomic E-state index is 10.7. The first kappa shape index (κ1) is 21.4. The molecule has 2 aliphatic heterocycles. The van der Waals surface area contributed by atoms with Gasteiger partial charge in [0.25, 0.3) is 0 Å². The first-order valence-electron chi connectivity index (χ1n) is 10.2. The van der Waals surface area contributed by atoms with Crippen LogP contribution in [0.3, 0.4) is 0 Å². The number of piperidine rings is 1. The fourth-order valence-corrected chi connectivity index (χ4v) is 4.11. The summed E-state index contributed by atoms with van der Waals surface area (Å²) >= 11 is 0. The number of ether oxygens (including phenoxy) is 4. The lowest BCUT2D eigenvalue weighted by molar-refractivity contribution is -0.149. The van der Waals surface area contributed by atoms with Gasteiger partial charge in [-0.25, -0.2) is 0 Å². The van der Waals surface area contributed by atoms with Crippen LogP contribution in [0.25, 0.3) is 0 Å². The van der Waals surface area contributed by atoms with Gasteiger partial charge in [0.15, 0.2) is 11.5 Å². The first-order chi connectivity index (χ1) is 13.2. The summed E-state index contributed by atoms with van der Waals surface area (Å²) in [6, 6.07) is 4.36. The molecule has 28 heavy (non-hydrogen) atoms. The Balaban J connectivity index is 1.80. The number of aliphatic hydroxyl groups is 1. The maximum Gasteiger partial charge on any atom is 0.161 e. The molecule has 4 atom stereocenters. The fraction of sp³-hybridized carbons (Fsp3) is 0.727. The van der Waals surface area contributed by atoms with Crippen LogP contribution in [0.4, 0.5) is 0 Å². The van der Waals surface area contributed by atoms with E-state index in [1.54, 1.807) is 14.2 Å². The van der Waals surface area contributed by atoms with Crippen LogP contribution in [0.5, 0.6) is 11.5 Å². The van der Waals surface area contributed by atoms with Crippen molar-refractivity contribution < 1.29 is 24.1 Å². The predicted octanol–water partition coefficient (Wildman–Crippen LogP) is 2.96. The second-order valence-electron chi connectivity index (χ2n) is 8.89. The van der Waals surface area contributed by atoms with E-state index in [2.05, 4.69) is 17.0 Å². The number of fused-ring (bicyclic) bond motifs is 3. The average molecular weight is 394 g/mol. The van der Waals surface area contributed by atoms with Crippen LogP contribution in [-0.2, 0) is 15.9 Å². The Bertz CT molecular complexity index is 672. The van der Waals surface area contributed by atoms with Crippen LogP contribution in [0, 0.1) is 0 Å². The molecule has 1 aromatic rings. The molecule has 3 rings (SSSR count). The quantitative estimate of drug-likeness (QED) is 0.802. The molecule has 0 aliphatic carbocycles. The second-order valence-corrected chi connectivity index (χ2v) is 8.89. The summed E-state index contributed by atoms with van der Waals surface area (Å²) in [7, 11) is 3.34. The van der Waals surface area contributed by atoms with Crippen LogP contribution in [0.2, 0.25) is 0 Å². The first-order valence-corrected chi connectivity index (χ1v) is 10.2. The highest BCUT2D eigenvalue weighted by atomic mass is 16.5. The van der Waals surface area contributed by atoms with E-state index in [9.17, 15) is 5.11 Å². The SMILES string of the molecule is COc1cc2c(cc1OC[C@H](C)OC)CCN1C[C@@H](OC(C)(C)C)[C@H](O)C[C@H]21. The van der Waals surface area contributed by atoms with Gasteiger partial charge in [-0.3, -0.25) is 4.90 Å². The normalized spacial score (nSPS) is 26.3. The van der Waals surface area contributed by atoms with Crippen LogP contribution < -0.4 is 9.47 Å². The topological polar surface area (TPSA) is 60.4 Å². The molecule has 1 fully saturated rings. The molecule has 2 aliphatic rings. The molecule has 0 saturated carbocycles. The van der Waals surface area contributed by atoms with Crippen molar-refractivity contribution in [3.05, 3.63) is 23.3 Å². The highest BCUT2D eigenvalue weighted by Gasteiger charge is 2.40. The summed E-state index contributed by atoms with van der Waals surface area (Å²) in [6.07, 6.45) is 1.00. The molecule has 158 valence electrons. The lowest BCUT2D eigenvalue weighted by atomic mass is 9.84. The van der Waals surface area contributed by atoms with Crippen molar-refractivity contribution in [3.8, 4) is 11.5 Å². The van der Waals surface area contributed by atoms with Gasteiger partial charge in [-0.05, 0) is 63.8 Å². The second kappa shape index (κ2) is 8.57. The lowest BCUT2D eigenvalue weighted by Crippen LogP contribution is -2.53. The zero-order chi connectivity index (χ0) is 20.5. The van der Waals surface area contributed by atoms with Gasteiger partial charge < -0.3 is 24.1 Å². The average Bonchev–Trinajstić information content (AvgIpc) is 2.64. The number of methoxy groups -OCH3 is 2. The largest absolute Gasteiger partial charge is 0.493 e. The highest BCUT2D eigenvalue weighted by Crippen LogP contribution is 2.42. The number of hydrogen-bond donors (Lipinski definition) is 1. The Morgan fingerprint density at radius 2 is 1.96 bits per heavy atom. The van der Waals surface area contributed by atoms with Gasteiger partial charge in [0.2, 0.25) is 0 Å². The van der Waals surface area contributed by atoms with E-state index < -0.39 is 6.10 Å². The van der Waals surface area contributed by atoms with Gasteiger partial charge >= 0.3 is 0 Å². The lowest BCUT2D eigenvalue weighted by Gasteiger charge is -2.46. The number of aliphatic hydroxyl groups excluding tert-OH is 1. The third-order valence-corrected chi connectivity index (χ3v) is 5.58. The summed E-state index contributed by atoms with van der Waals surface area (Å²) < 4.78 is 22.9. The van der Waals surface area contributed by atoms with E-state index in [1.165, 1.54) is 11.1 Å². The van der Waals surface area contributed by atoms with E-state index in [1.807, 2.05) is 27.7 Å². The third-order valence-electron chi connectivity index (χ3n) is 5.58. The van der Waals surface area contributed by atoms with E-state index in [-0.39, 0.29) is 23.9 Å². The predicted molar refractivity (Wildman–Crippen MR) is 108 cm³/mol. The van der Waals surface area contributed by atoms with Gasteiger partial charge in [0, 0.05) is 26.2 Å². The fourth-order valence-electron chi connectivity index (χ4n) is 4.11. The number of hydrogen-bond acceptors (Lipinski definition) is 6. The van der Waals surface area contributed by atoms with Crippen molar-refractivity contribution in [2.75, 3.05) is 33.9 Å². The molecule has 6 heteroatoms. The summed E-state index contributed by atoms with van der Waals surface area (Å²) in [5.41, 5.74) is 2.23. The van der Waals surface area contributed by atoms with Crippen molar-refractivity contribution in [1.29, 1.82) is 0 Å². The minimum absolute atomic E-state index is 0.0180. The van der Waals surface area contributed by atoms with Crippen LogP contribution >= 0.6 is 0 Å². The molecular formula is C22H35NO5. The Morgan fingerprint density at radius 1 is 1.21 bits per heavy atom. The zero-order valence-electron chi connectivity index (χ0n) is 18.0. The monoisotopic (exact) mass is 393 g/mol. The Hall–Kier alpha value is -1.34. The molecule has 0 bridgehead atoms. The molecule has 1 N–H and O–H groups in total. The zero-order valence-corrected chi connectivity index (χ0v) is 18.0. The smallest absolute Gasteiger partial charge is 0.161 e. The molecule has 6 nitrogen and oxygen atoms in total. The maximum atomic E-state index is 10.7. The number of benzene rings is 1. The molecule has 2 heterocycles. The molecule has 0 spiro atoms. The molecule has 0 unspecified atom stereocenters. The molecule has 1 saturated heterocycles. The van der Waals surface area contributed by atoms with Gasteiger partial charge in [-0.1, -0.05) is 0 Å². The minimum atomic E-state index is -0.476. The van der Waals surface area contributed by atoms with E-state index in [4.69, 9.17) is 18.9 Å². The molecule has 1 aromatic carbocycles. The van der Waals surface area contributed by atoms with E-state index >= 15 is 0 Å². The number of nitrogens with zero attached hydrogens (tertiary/aromatic N) is 1. The molecular weight excluding hydrogens is 358 g/mol. The Labute approximate surface area is 168 Å². The third kappa shape index (κ3) is 4.79. The van der Waals surface area contributed by atoms with Gasteiger partial charge in [0.1, 0.15) is 6.61 Å². The van der Waals surface area contributed by atoms with Crippen LogP contribution in [-0.4, -0.2) is 67.8 Å². The van der Waals surface area contributed by atoms with Gasteiger partial charge in [-0.2, -0.15) is 0 Å². The minimum Gasteiger partial charge on any atom is -0.493 e. The van der Waals surface area contributed by atoms with Crippen LogP contribution in [0.15, 0.2) is 12.1 Å². The van der Waals surface area contributed by atoms with Gasteiger partial charge in [-0.15, -0.1) is 0 Å². The van der Waals surface area contributed by atoms with Crippen molar-refractivity contribution in [3.63, 3.8) is 0 Å². The summed E-state index contributed by atoms with van der Waals surface area (Å²) in [5, 5.41) is 10.7. The van der Waals surface area contributed by atoms with E-state index in [0.717, 1.165) is 31.0 Å². The summed E-state index contributed by atoms with van der Waals surface area (Å²) in [4.78, 5) is 2.43.